The number of nitrogens with zero attached hydrogens (tertiary/aromatic N) is 3. The van der Waals surface area contributed by atoms with Crippen molar-refractivity contribution < 1.29 is 0 Å². The number of pyridine rings is 1. The molecule has 0 saturated carbocycles. The summed E-state index contributed by atoms with van der Waals surface area (Å²) in [5.41, 5.74) is 1.01. The molecule has 1 aromatic rings. The molecular formula is C10H14ClN3S. The monoisotopic (exact) mass is 243 g/mol. The predicted octanol–water partition coefficient (Wildman–Crippen LogP) is 2.52. The molecule has 0 aliphatic carbocycles. The highest BCUT2D eigenvalue weighted by Gasteiger charge is 2.07. The van der Waals surface area contributed by atoms with Crippen LogP contribution in [-0.2, 0) is 6.54 Å². The standard InChI is InChI=1S/C10H14ClN3S/c1-12-10(15-3)14(2)7-8-5-4-6-13-9(8)11/h4-6H,7H2,1-3H3. The van der Waals surface area contributed by atoms with Gasteiger partial charge in [0.15, 0.2) is 5.17 Å². The van der Waals surface area contributed by atoms with E-state index >= 15 is 0 Å². The molecule has 0 aromatic carbocycles. The Balaban J connectivity index is 2.74. The molecule has 0 aliphatic rings. The van der Waals surface area contributed by atoms with Gasteiger partial charge < -0.3 is 4.90 Å². The molecule has 0 atom stereocenters. The maximum absolute atomic E-state index is 5.97. The van der Waals surface area contributed by atoms with Gasteiger partial charge in [-0.15, -0.1) is 0 Å². The van der Waals surface area contributed by atoms with Crippen molar-refractivity contribution in [3.8, 4) is 0 Å². The Morgan fingerprint density at radius 1 is 1.67 bits per heavy atom. The van der Waals surface area contributed by atoms with Gasteiger partial charge in [0.2, 0.25) is 0 Å². The fourth-order valence-electron chi connectivity index (χ4n) is 1.28. The molecule has 1 aromatic heterocycles. The van der Waals surface area contributed by atoms with Gasteiger partial charge in [0.1, 0.15) is 5.15 Å². The van der Waals surface area contributed by atoms with Crippen molar-refractivity contribution in [2.75, 3.05) is 20.4 Å². The van der Waals surface area contributed by atoms with Crippen LogP contribution < -0.4 is 0 Å². The molecule has 0 unspecified atom stereocenters. The summed E-state index contributed by atoms with van der Waals surface area (Å²) in [5, 5.41) is 1.54. The SMILES string of the molecule is CN=C(SC)N(C)Cc1cccnc1Cl. The van der Waals surface area contributed by atoms with Crippen molar-refractivity contribution in [2.45, 2.75) is 6.54 Å². The second-order valence-corrected chi connectivity index (χ2v) is 4.15. The lowest BCUT2D eigenvalue weighted by Gasteiger charge is -2.19. The highest BCUT2D eigenvalue weighted by atomic mass is 35.5. The molecule has 0 fully saturated rings. The minimum Gasteiger partial charge on any atom is -0.350 e. The Hall–Kier alpha value is -0.740. The maximum atomic E-state index is 5.97. The van der Waals surface area contributed by atoms with E-state index in [1.807, 2.05) is 30.3 Å². The molecule has 0 bridgehead atoms. The average Bonchev–Trinajstić information content (AvgIpc) is 2.23. The van der Waals surface area contributed by atoms with Crippen LogP contribution in [0.4, 0.5) is 0 Å². The summed E-state index contributed by atoms with van der Waals surface area (Å²) in [7, 11) is 3.77. The van der Waals surface area contributed by atoms with E-state index in [9.17, 15) is 0 Å². The highest BCUT2D eigenvalue weighted by Crippen LogP contribution is 2.15. The summed E-state index contributed by atoms with van der Waals surface area (Å²) >= 11 is 7.59. The molecule has 5 heteroatoms. The minimum atomic E-state index is 0.556. The van der Waals surface area contributed by atoms with Gasteiger partial charge in [0.25, 0.3) is 0 Å². The van der Waals surface area contributed by atoms with Crippen LogP contribution in [0.2, 0.25) is 5.15 Å². The van der Waals surface area contributed by atoms with Crippen LogP contribution in [0, 0.1) is 0 Å². The van der Waals surface area contributed by atoms with Crippen molar-refractivity contribution in [1.82, 2.24) is 9.88 Å². The van der Waals surface area contributed by atoms with E-state index in [0.717, 1.165) is 17.3 Å². The number of rotatable bonds is 2. The fraction of sp³-hybridized carbons (Fsp3) is 0.400. The number of halogens is 1. The Bertz CT molecular complexity index is 354. The summed E-state index contributed by atoms with van der Waals surface area (Å²) in [4.78, 5) is 10.3. The summed E-state index contributed by atoms with van der Waals surface area (Å²) < 4.78 is 0. The predicted molar refractivity (Wildman–Crippen MR) is 67.6 cm³/mol. The van der Waals surface area contributed by atoms with Crippen molar-refractivity contribution in [3.63, 3.8) is 0 Å². The van der Waals surface area contributed by atoms with Crippen LogP contribution in [-0.4, -0.2) is 35.4 Å². The summed E-state index contributed by atoms with van der Waals surface area (Å²) in [5.74, 6) is 0. The lowest BCUT2D eigenvalue weighted by molar-refractivity contribution is 0.509. The molecule has 1 heterocycles. The first-order valence-corrected chi connectivity index (χ1v) is 6.10. The summed E-state index contributed by atoms with van der Waals surface area (Å²) in [6, 6.07) is 3.86. The Kier molecular flexibility index (Phi) is 4.91. The van der Waals surface area contributed by atoms with Gasteiger partial charge in [-0.25, -0.2) is 4.98 Å². The number of hydrogen-bond donors (Lipinski definition) is 0. The molecule has 0 amide bonds. The Morgan fingerprint density at radius 3 is 2.93 bits per heavy atom. The third-order valence-electron chi connectivity index (χ3n) is 1.94. The molecule has 0 aliphatic heterocycles. The van der Waals surface area contributed by atoms with Crippen LogP contribution in [0.15, 0.2) is 23.3 Å². The normalized spacial score (nSPS) is 11.6. The molecule has 1 rings (SSSR count). The number of hydrogen-bond acceptors (Lipinski definition) is 3. The molecule has 0 saturated heterocycles. The maximum Gasteiger partial charge on any atom is 0.158 e. The van der Waals surface area contributed by atoms with E-state index in [2.05, 4.69) is 9.98 Å². The number of aliphatic imine (C=N–C) groups is 1. The second kappa shape index (κ2) is 5.98. The zero-order valence-corrected chi connectivity index (χ0v) is 10.6. The molecule has 0 radical (unpaired) electrons. The van der Waals surface area contributed by atoms with Crippen LogP contribution in [0.25, 0.3) is 0 Å². The molecule has 0 spiro atoms. The van der Waals surface area contributed by atoms with E-state index < -0.39 is 0 Å². The fourth-order valence-corrected chi connectivity index (χ4v) is 2.02. The van der Waals surface area contributed by atoms with Crippen molar-refractivity contribution in [1.29, 1.82) is 0 Å². The third kappa shape index (κ3) is 3.39. The lowest BCUT2D eigenvalue weighted by atomic mass is 10.3. The quantitative estimate of drug-likeness (QED) is 0.454. The van der Waals surface area contributed by atoms with E-state index in [1.54, 1.807) is 25.0 Å². The van der Waals surface area contributed by atoms with Gasteiger partial charge in [0.05, 0.1) is 0 Å². The molecule has 3 nitrogen and oxygen atoms in total. The van der Waals surface area contributed by atoms with E-state index in [0.29, 0.717) is 5.15 Å². The molecule has 0 N–H and O–H groups in total. The highest BCUT2D eigenvalue weighted by molar-refractivity contribution is 8.13. The smallest absolute Gasteiger partial charge is 0.158 e. The third-order valence-corrected chi connectivity index (χ3v) is 3.14. The van der Waals surface area contributed by atoms with Gasteiger partial charge in [-0.2, -0.15) is 0 Å². The Morgan fingerprint density at radius 2 is 2.40 bits per heavy atom. The number of thioether (sulfide) groups is 1. The molecule has 82 valence electrons. The van der Waals surface area contributed by atoms with Crippen LogP contribution in [0.3, 0.4) is 0 Å². The van der Waals surface area contributed by atoms with Gasteiger partial charge in [-0.1, -0.05) is 29.4 Å². The zero-order chi connectivity index (χ0) is 11.3. The van der Waals surface area contributed by atoms with Crippen LogP contribution in [0.5, 0.6) is 0 Å². The Labute approximate surface area is 99.6 Å². The number of amidine groups is 1. The average molecular weight is 244 g/mol. The van der Waals surface area contributed by atoms with Gasteiger partial charge >= 0.3 is 0 Å². The van der Waals surface area contributed by atoms with Gasteiger partial charge in [-0.3, -0.25) is 4.99 Å². The van der Waals surface area contributed by atoms with E-state index in [4.69, 9.17) is 11.6 Å². The van der Waals surface area contributed by atoms with E-state index in [1.165, 1.54) is 0 Å². The first-order chi connectivity index (χ1) is 7.19. The first-order valence-electron chi connectivity index (χ1n) is 4.50. The largest absolute Gasteiger partial charge is 0.350 e. The van der Waals surface area contributed by atoms with Gasteiger partial charge in [0, 0.05) is 32.4 Å². The topological polar surface area (TPSA) is 28.5 Å². The molecule has 15 heavy (non-hydrogen) atoms. The van der Waals surface area contributed by atoms with Gasteiger partial charge in [-0.05, 0) is 12.3 Å². The molecular weight excluding hydrogens is 230 g/mol. The van der Waals surface area contributed by atoms with Crippen LogP contribution >= 0.6 is 23.4 Å². The summed E-state index contributed by atoms with van der Waals surface area (Å²) in [6.07, 6.45) is 3.69. The minimum absolute atomic E-state index is 0.556. The summed E-state index contributed by atoms with van der Waals surface area (Å²) in [6.45, 7) is 0.722. The van der Waals surface area contributed by atoms with Crippen molar-refractivity contribution in [2.24, 2.45) is 4.99 Å². The lowest BCUT2D eigenvalue weighted by Crippen LogP contribution is -2.23. The zero-order valence-electron chi connectivity index (χ0n) is 9.07. The van der Waals surface area contributed by atoms with E-state index in [-0.39, 0.29) is 0 Å². The van der Waals surface area contributed by atoms with Crippen LogP contribution in [0.1, 0.15) is 5.56 Å². The number of aromatic nitrogens is 1. The second-order valence-electron chi connectivity index (χ2n) is 3.02. The van der Waals surface area contributed by atoms with Crippen molar-refractivity contribution in [3.05, 3.63) is 29.0 Å². The first kappa shape index (κ1) is 12.3. The van der Waals surface area contributed by atoms with Crippen molar-refractivity contribution >= 4 is 28.5 Å².